The lowest BCUT2D eigenvalue weighted by Crippen LogP contribution is -2.46. The molecule has 1 aliphatic heterocycles. The van der Waals surface area contributed by atoms with Crippen LogP contribution in [0.1, 0.15) is 71.1 Å². The monoisotopic (exact) mass is 501 g/mol. The molecule has 200 valence electrons. The summed E-state index contributed by atoms with van der Waals surface area (Å²) in [4.78, 5) is 43.8. The molecule has 2 amide bonds. The highest BCUT2D eigenvalue weighted by atomic mass is 16.3. The average Bonchev–Trinajstić information content (AvgIpc) is 3.26. The highest BCUT2D eigenvalue weighted by Gasteiger charge is 2.55. The van der Waals surface area contributed by atoms with Crippen molar-refractivity contribution in [3.63, 3.8) is 0 Å². The Labute approximate surface area is 214 Å². The van der Waals surface area contributed by atoms with E-state index in [1.165, 1.54) is 0 Å². The van der Waals surface area contributed by atoms with Gasteiger partial charge in [0.25, 0.3) is 0 Å². The second-order valence-electron chi connectivity index (χ2n) is 11.7. The van der Waals surface area contributed by atoms with E-state index in [-0.39, 0.29) is 41.5 Å². The molecule has 2 aliphatic carbocycles. The first-order valence-electron chi connectivity index (χ1n) is 13.7. The van der Waals surface area contributed by atoms with Crippen LogP contribution in [0.4, 0.5) is 5.69 Å². The number of amides is 2. The van der Waals surface area contributed by atoms with Crippen LogP contribution in [0.5, 0.6) is 0 Å². The van der Waals surface area contributed by atoms with E-state index in [4.69, 9.17) is 0 Å². The van der Waals surface area contributed by atoms with Gasteiger partial charge in [0.2, 0.25) is 11.8 Å². The topological polar surface area (TPSA) is 108 Å². The summed E-state index contributed by atoms with van der Waals surface area (Å²) in [6.45, 7) is 4.26. The van der Waals surface area contributed by atoms with Gasteiger partial charge in [-0.2, -0.15) is 5.10 Å². The maximum Gasteiger partial charge on any atom is 0.247 e. The number of aromatic nitrogens is 2. The van der Waals surface area contributed by atoms with Crippen molar-refractivity contribution < 1.29 is 19.5 Å². The van der Waals surface area contributed by atoms with E-state index in [0.29, 0.717) is 31.5 Å². The van der Waals surface area contributed by atoms with E-state index in [1.807, 2.05) is 20.3 Å². The highest BCUT2D eigenvalue weighted by Crippen LogP contribution is 2.55. The number of aliphatic hydroxyl groups excluding tert-OH is 1. The first kappa shape index (κ1) is 26.8. The lowest BCUT2D eigenvalue weighted by atomic mass is 9.77. The van der Waals surface area contributed by atoms with Crippen LogP contribution in [0.2, 0.25) is 0 Å². The van der Waals surface area contributed by atoms with Crippen LogP contribution in [-0.2, 0) is 20.9 Å². The number of aliphatic hydroxyl groups is 1. The fourth-order valence-corrected chi connectivity index (χ4v) is 5.58. The second kappa shape index (κ2) is 11.4. The third kappa shape index (κ3) is 6.54. The number of likely N-dealkylation sites (tertiary alicyclic amines) is 1. The summed E-state index contributed by atoms with van der Waals surface area (Å²) in [5.41, 5.74) is 0.697. The van der Waals surface area contributed by atoms with Crippen molar-refractivity contribution in [3.8, 4) is 0 Å². The molecule has 1 aromatic heterocycles. The molecule has 1 saturated heterocycles. The molecule has 36 heavy (non-hydrogen) atoms. The Kier molecular flexibility index (Phi) is 8.50. The molecule has 2 unspecified atom stereocenters. The average molecular weight is 502 g/mol. The zero-order chi connectivity index (χ0) is 25.9. The van der Waals surface area contributed by atoms with Crippen LogP contribution < -0.4 is 5.32 Å². The molecule has 0 aromatic carbocycles. The predicted molar refractivity (Wildman–Crippen MR) is 137 cm³/mol. The number of anilines is 1. The second-order valence-corrected chi connectivity index (χ2v) is 11.7. The zero-order valence-corrected chi connectivity index (χ0v) is 22.1. The van der Waals surface area contributed by atoms with Gasteiger partial charge in [-0.05, 0) is 64.0 Å². The van der Waals surface area contributed by atoms with Crippen molar-refractivity contribution in [2.45, 2.75) is 89.8 Å². The van der Waals surface area contributed by atoms with Crippen molar-refractivity contribution in [1.29, 1.82) is 0 Å². The number of nitrogens with zero attached hydrogens (tertiary/aromatic N) is 4. The Morgan fingerprint density at radius 3 is 2.67 bits per heavy atom. The van der Waals surface area contributed by atoms with Crippen LogP contribution in [0.3, 0.4) is 0 Å². The smallest absolute Gasteiger partial charge is 0.247 e. The number of hydrogen-bond acceptors (Lipinski definition) is 6. The Balaban J connectivity index is 1.41. The van der Waals surface area contributed by atoms with Gasteiger partial charge in [-0.25, -0.2) is 0 Å². The molecule has 2 heterocycles. The summed E-state index contributed by atoms with van der Waals surface area (Å²) < 4.78 is 1.81. The largest absolute Gasteiger partial charge is 0.393 e. The van der Waals surface area contributed by atoms with Gasteiger partial charge in [0, 0.05) is 38.0 Å². The van der Waals surface area contributed by atoms with Crippen LogP contribution >= 0.6 is 0 Å². The number of hydrogen-bond donors (Lipinski definition) is 2. The normalized spacial score (nSPS) is 25.1. The van der Waals surface area contributed by atoms with Gasteiger partial charge in [-0.3, -0.25) is 19.1 Å². The summed E-state index contributed by atoms with van der Waals surface area (Å²) in [5, 5.41) is 17.2. The molecule has 4 rings (SSSR count). The maximum absolute atomic E-state index is 13.8. The zero-order valence-electron chi connectivity index (χ0n) is 22.1. The fraction of sp³-hybridized carbons (Fsp3) is 0.778. The maximum atomic E-state index is 13.8. The minimum absolute atomic E-state index is 0.0399. The lowest BCUT2D eigenvalue weighted by Gasteiger charge is -2.32. The van der Waals surface area contributed by atoms with Crippen molar-refractivity contribution in [2.24, 2.45) is 17.3 Å². The molecular formula is C27H43N5O4. The van der Waals surface area contributed by atoms with Crippen molar-refractivity contribution >= 4 is 23.3 Å². The third-order valence-corrected chi connectivity index (χ3v) is 8.32. The molecule has 1 spiro atoms. The number of likely N-dealkylation sites (N-methyl/N-ethyl adjacent to an activating group) is 1. The number of carbonyl (C=O) groups is 3. The van der Waals surface area contributed by atoms with E-state index in [0.717, 1.165) is 51.6 Å². The molecule has 3 aliphatic rings. The number of unbranched alkanes of at least 4 members (excludes halogenated alkanes) is 1. The van der Waals surface area contributed by atoms with E-state index in [2.05, 4.69) is 22.2 Å². The minimum Gasteiger partial charge on any atom is -0.393 e. The summed E-state index contributed by atoms with van der Waals surface area (Å²) in [6, 6.07) is -0.516. The molecule has 3 fully saturated rings. The number of rotatable bonds is 13. The van der Waals surface area contributed by atoms with Crippen LogP contribution in [0.15, 0.2) is 12.4 Å². The summed E-state index contributed by atoms with van der Waals surface area (Å²) >= 11 is 0. The Bertz CT molecular complexity index is 940. The standard InChI is InChI=1S/C27H43N5O4/c1-4-5-6-20(14-22(33)13-19-7-8-24(19)34)26(36)32-18-27(9-10-27)15-23(32)25(35)29-21-16-28-31(17-21)12-11-30(2)3/h16-17,19-20,23-24,34H,4-15,18H2,1-3H3,(H,29,35)/t19?,20-,23+,24?/m1/s1. The SMILES string of the molecule is CCCC[C@H](CC(=O)CC1CCC1O)C(=O)N1CC2(CC2)C[C@H]1C(=O)Nc1cnn(CCN(C)C)c1. The lowest BCUT2D eigenvalue weighted by molar-refractivity contribution is -0.142. The van der Waals surface area contributed by atoms with Crippen LogP contribution in [0, 0.1) is 17.3 Å². The summed E-state index contributed by atoms with van der Waals surface area (Å²) in [5.74, 6) is -0.528. The van der Waals surface area contributed by atoms with Crippen LogP contribution in [0.25, 0.3) is 0 Å². The van der Waals surface area contributed by atoms with Gasteiger partial charge >= 0.3 is 0 Å². The quantitative estimate of drug-likeness (QED) is 0.430. The Morgan fingerprint density at radius 2 is 2.06 bits per heavy atom. The molecule has 9 nitrogen and oxygen atoms in total. The molecule has 0 bridgehead atoms. The summed E-state index contributed by atoms with van der Waals surface area (Å²) in [7, 11) is 4.01. The molecule has 4 atom stereocenters. The van der Waals surface area contributed by atoms with Crippen molar-refractivity contribution in [3.05, 3.63) is 12.4 Å². The number of Topliss-reactive ketones (excluding diaryl/α,β-unsaturated/α-hetero) is 1. The Morgan fingerprint density at radius 1 is 1.28 bits per heavy atom. The van der Waals surface area contributed by atoms with Gasteiger partial charge in [0.15, 0.2) is 0 Å². The molecule has 2 saturated carbocycles. The number of ketones is 1. The van der Waals surface area contributed by atoms with Gasteiger partial charge < -0.3 is 20.2 Å². The van der Waals surface area contributed by atoms with Crippen molar-refractivity contribution in [1.82, 2.24) is 19.6 Å². The minimum atomic E-state index is -0.516. The predicted octanol–water partition coefficient (Wildman–Crippen LogP) is 2.69. The van der Waals surface area contributed by atoms with Gasteiger partial charge in [0.1, 0.15) is 11.8 Å². The molecule has 0 radical (unpaired) electrons. The first-order valence-corrected chi connectivity index (χ1v) is 13.7. The van der Waals surface area contributed by atoms with Crippen molar-refractivity contribution in [2.75, 3.05) is 32.5 Å². The molecule has 2 N–H and O–H groups in total. The molecule has 1 aromatic rings. The molecule has 9 heteroatoms. The van der Waals surface area contributed by atoms with E-state index < -0.39 is 12.0 Å². The number of nitrogens with one attached hydrogen (secondary N) is 1. The highest BCUT2D eigenvalue weighted by molar-refractivity contribution is 5.98. The van der Waals surface area contributed by atoms with Gasteiger partial charge in [-0.1, -0.05) is 19.8 Å². The third-order valence-electron chi connectivity index (χ3n) is 8.32. The number of carbonyl (C=O) groups excluding carboxylic acids is 3. The van der Waals surface area contributed by atoms with E-state index >= 15 is 0 Å². The fourth-order valence-electron chi connectivity index (χ4n) is 5.58. The first-order chi connectivity index (χ1) is 17.2. The van der Waals surface area contributed by atoms with Crippen LogP contribution in [-0.4, -0.2) is 81.6 Å². The van der Waals surface area contributed by atoms with Gasteiger partial charge in [-0.15, -0.1) is 0 Å². The summed E-state index contributed by atoms with van der Waals surface area (Å²) in [6.07, 6.45) is 10.5. The van der Waals surface area contributed by atoms with Gasteiger partial charge in [0.05, 0.1) is 24.5 Å². The Hall–Kier alpha value is -2.26. The van der Waals surface area contributed by atoms with E-state index in [9.17, 15) is 19.5 Å². The molecular weight excluding hydrogens is 458 g/mol. The van der Waals surface area contributed by atoms with E-state index in [1.54, 1.807) is 15.8 Å².